The minimum absolute atomic E-state index is 0.0265. The summed E-state index contributed by atoms with van der Waals surface area (Å²) in [5, 5.41) is 7.60. The highest BCUT2D eigenvalue weighted by molar-refractivity contribution is 6.43. The fourth-order valence-electron chi connectivity index (χ4n) is 1.70. The first-order valence-corrected chi connectivity index (χ1v) is 6.97. The first-order valence-electron chi connectivity index (χ1n) is 6.97. The van der Waals surface area contributed by atoms with Crippen LogP contribution in [0.1, 0.15) is 25.0 Å². The molecule has 0 saturated heterocycles. The van der Waals surface area contributed by atoms with Crippen LogP contribution >= 0.6 is 0 Å². The Hall–Kier alpha value is -3.03. The van der Waals surface area contributed by atoms with Crippen LogP contribution in [0.5, 0.6) is 0 Å². The number of benzene rings is 1. The van der Waals surface area contributed by atoms with E-state index in [2.05, 4.69) is 15.3 Å². The molecule has 0 aliphatic carbocycles. The van der Waals surface area contributed by atoms with Gasteiger partial charge in [0.2, 0.25) is 6.41 Å². The Kier molecular flexibility index (Phi) is 7.83. The van der Waals surface area contributed by atoms with Gasteiger partial charge in [0.15, 0.2) is 5.71 Å². The summed E-state index contributed by atoms with van der Waals surface area (Å²) in [6, 6.07) is 7.01. The predicted molar refractivity (Wildman–Crippen MR) is 89.1 cm³/mol. The average Bonchev–Trinajstić information content (AvgIpc) is 2.59. The zero-order valence-corrected chi connectivity index (χ0v) is 14.0. The molecule has 0 aromatic heterocycles. The standard InChI is InChI=1S/C16H19N3O5/c1-11(17-10-20)12(2)18-24-9-13-7-5-6-8-14(13)15(19-23-4)16(21)22-3/h5-8,10H,9H2,1-4H3/b17-11?,18-12+,19-15+. The van der Waals surface area contributed by atoms with Crippen LogP contribution in [-0.2, 0) is 30.6 Å². The van der Waals surface area contributed by atoms with Crippen molar-refractivity contribution >= 4 is 29.5 Å². The van der Waals surface area contributed by atoms with E-state index in [1.54, 1.807) is 38.1 Å². The van der Waals surface area contributed by atoms with Gasteiger partial charge >= 0.3 is 5.97 Å². The lowest BCUT2D eigenvalue weighted by Crippen LogP contribution is -2.19. The Morgan fingerprint density at radius 3 is 2.46 bits per heavy atom. The van der Waals surface area contributed by atoms with Crippen LogP contribution in [0, 0.1) is 0 Å². The van der Waals surface area contributed by atoms with Crippen molar-refractivity contribution in [2.45, 2.75) is 20.5 Å². The van der Waals surface area contributed by atoms with Crippen molar-refractivity contribution < 1.29 is 24.0 Å². The minimum Gasteiger partial charge on any atom is -0.464 e. The average molecular weight is 333 g/mol. The van der Waals surface area contributed by atoms with Crippen LogP contribution in [0.25, 0.3) is 0 Å². The van der Waals surface area contributed by atoms with E-state index in [1.807, 2.05) is 0 Å². The summed E-state index contributed by atoms with van der Waals surface area (Å²) in [5.74, 6) is -0.627. The lowest BCUT2D eigenvalue weighted by Gasteiger charge is -2.09. The number of oxime groups is 2. The molecule has 0 spiro atoms. The SMILES string of the molecule is CO/N=C(/C(=O)OC)c1ccccc1CO/N=C(\C)C(C)=NC=O. The zero-order valence-electron chi connectivity index (χ0n) is 14.0. The van der Waals surface area contributed by atoms with E-state index in [0.29, 0.717) is 29.0 Å². The van der Waals surface area contributed by atoms with Crippen molar-refractivity contribution in [2.75, 3.05) is 14.2 Å². The molecule has 0 N–H and O–H groups in total. The van der Waals surface area contributed by atoms with Gasteiger partial charge in [-0.1, -0.05) is 34.6 Å². The highest BCUT2D eigenvalue weighted by atomic mass is 16.6. The third-order valence-corrected chi connectivity index (χ3v) is 3.03. The Morgan fingerprint density at radius 1 is 1.12 bits per heavy atom. The summed E-state index contributed by atoms with van der Waals surface area (Å²) in [4.78, 5) is 35.7. The Bertz CT molecular complexity index is 680. The van der Waals surface area contributed by atoms with Crippen molar-refractivity contribution in [1.82, 2.24) is 0 Å². The number of aliphatic imine (C=N–C) groups is 1. The number of methoxy groups -OCH3 is 1. The largest absolute Gasteiger partial charge is 0.464 e. The smallest absolute Gasteiger partial charge is 0.360 e. The number of carbonyl (C=O) groups is 2. The van der Waals surface area contributed by atoms with Gasteiger partial charge in [-0.3, -0.25) is 4.79 Å². The summed E-state index contributed by atoms with van der Waals surface area (Å²) >= 11 is 0. The van der Waals surface area contributed by atoms with E-state index in [9.17, 15) is 9.59 Å². The highest BCUT2D eigenvalue weighted by Gasteiger charge is 2.19. The van der Waals surface area contributed by atoms with Crippen LogP contribution in [0.4, 0.5) is 0 Å². The number of amides is 1. The molecule has 8 nitrogen and oxygen atoms in total. The molecule has 0 bridgehead atoms. The van der Waals surface area contributed by atoms with Crippen molar-refractivity contribution in [2.24, 2.45) is 15.3 Å². The van der Waals surface area contributed by atoms with E-state index in [-0.39, 0.29) is 12.3 Å². The van der Waals surface area contributed by atoms with E-state index >= 15 is 0 Å². The molecule has 24 heavy (non-hydrogen) atoms. The van der Waals surface area contributed by atoms with E-state index in [0.717, 1.165) is 0 Å². The molecule has 128 valence electrons. The molecular formula is C16H19N3O5. The van der Waals surface area contributed by atoms with Gasteiger partial charge in [0.1, 0.15) is 13.7 Å². The number of hydrogen-bond donors (Lipinski definition) is 0. The molecule has 0 heterocycles. The van der Waals surface area contributed by atoms with Crippen LogP contribution in [0.3, 0.4) is 0 Å². The molecule has 0 saturated carbocycles. The van der Waals surface area contributed by atoms with E-state index < -0.39 is 5.97 Å². The molecule has 0 fully saturated rings. The predicted octanol–water partition coefficient (Wildman–Crippen LogP) is 1.72. The number of rotatable bonds is 8. The summed E-state index contributed by atoms with van der Waals surface area (Å²) in [5.41, 5.74) is 2.13. The van der Waals surface area contributed by atoms with Crippen LogP contribution in [-0.4, -0.2) is 43.7 Å². The molecule has 0 aliphatic rings. The Morgan fingerprint density at radius 2 is 1.83 bits per heavy atom. The third-order valence-electron chi connectivity index (χ3n) is 3.03. The fourth-order valence-corrected chi connectivity index (χ4v) is 1.70. The monoisotopic (exact) mass is 333 g/mol. The van der Waals surface area contributed by atoms with Gasteiger partial charge in [0, 0.05) is 11.1 Å². The fraction of sp³-hybridized carbons (Fsp3) is 0.312. The minimum atomic E-state index is -0.627. The van der Waals surface area contributed by atoms with Crippen LogP contribution in [0.2, 0.25) is 0 Å². The maximum Gasteiger partial charge on any atom is 0.360 e. The molecule has 1 rings (SSSR count). The van der Waals surface area contributed by atoms with Gasteiger partial charge in [0.25, 0.3) is 0 Å². The van der Waals surface area contributed by atoms with Crippen LogP contribution < -0.4 is 0 Å². The third kappa shape index (κ3) is 5.31. The molecule has 8 heteroatoms. The molecule has 1 aromatic rings. The first-order chi connectivity index (χ1) is 11.5. The lowest BCUT2D eigenvalue weighted by atomic mass is 10.0. The highest BCUT2D eigenvalue weighted by Crippen LogP contribution is 2.13. The first kappa shape index (κ1) is 19.0. The van der Waals surface area contributed by atoms with Gasteiger partial charge in [0.05, 0.1) is 18.5 Å². The van der Waals surface area contributed by atoms with Gasteiger partial charge < -0.3 is 14.4 Å². The lowest BCUT2D eigenvalue weighted by molar-refractivity contribution is -0.132. The topological polar surface area (TPSA) is 98.9 Å². The quantitative estimate of drug-likeness (QED) is 0.312. The molecular weight excluding hydrogens is 314 g/mol. The van der Waals surface area contributed by atoms with Gasteiger partial charge in [-0.15, -0.1) is 0 Å². The molecule has 1 amide bonds. The van der Waals surface area contributed by atoms with Gasteiger partial charge in [-0.25, -0.2) is 9.79 Å². The van der Waals surface area contributed by atoms with Crippen molar-refractivity contribution in [1.29, 1.82) is 0 Å². The number of esters is 1. The number of carbonyl (C=O) groups excluding carboxylic acids is 2. The summed E-state index contributed by atoms with van der Waals surface area (Å²) < 4.78 is 4.71. The molecule has 0 radical (unpaired) electrons. The number of nitrogens with zero attached hydrogens (tertiary/aromatic N) is 3. The molecule has 0 atom stereocenters. The normalized spacial score (nSPS) is 12.6. The zero-order chi connectivity index (χ0) is 17.9. The van der Waals surface area contributed by atoms with Gasteiger partial charge in [-0.05, 0) is 13.8 Å². The Balaban J connectivity index is 3.01. The number of hydrogen-bond acceptors (Lipinski definition) is 7. The second-order valence-corrected chi connectivity index (χ2v) is 4.54. The maximum atomic E-state index is 11.8. The Labute approximate surface area is 139 Å². The summed E-state index contributed by atoms with van der Waals surface area (Å²) in [6.07, 6.45) is 0.438. The number of ether oxygens (including phenoxy) is 1. The molecule has 0 unspecified atom stereocenters. The van der Waals surface area contributed by atoms with Crippen molar-refractivity contribution in [3.05, 3.63) is 35.4 Å². The van der Waals surface area contributed by atoms with Crippen LogP contribution in [0.15, 0.2) is 39.6 Å². The maximum absolute atomic E-state index is 11.8. The van der Waals surface area contributed by atoms with E-state index in [1.165, 1.54) is 14.2 Å². The van der Waals surface area contributed by atoms with Gasteiger partial charge in [-0.2, -0.15) is 0 Å². The second kappa shape index (κ2) is 9.88. The molecule has 1 aromatic carbocycles. The molecule has 0 aliphatic heterocycles. The van der Waals surface area contributed by atoms with E-state index in [4.69, 9.17) is 14.4 Å². The van der Waals surface area contributed by atoms with Crippen molar-refractivity contribution in [3.8, 4) is 0 Å². The van der Waals surface area contributed by atoms with Crippen molar-refractivity contribution in [3.63, 3.8) is 0 Å². The summed E-state index contributed by atoms with van der Waals surface area (Å²) in [6.45, 7) is 3.40. The summed E-state index contributed by atoms with van der Waals surface area (Å²) in [7, 11) is 2.60. The second-order valence-electron chi connectivity index (χ2n) is 4.54.